The van der Waals surface area contributed by atoms with E-state index in [4.69, 9.17) is 0 Å². The van der Waals surface area contributed by atoms with Gasteiger partial charge in [-0.3, -0.25) is 14.6 Å². The highest BCUT2D eigenvalue weighted by Gasteiger charge is 2.33. The molecule has 0 saturated heterocycles. The molecule has 2 aromatic carbocycles. The van der Waals surface area contributed by atoms with E-state index >= 15 is 0 Å². The number of aromatic nitrogens is 1. The first-order chi connectivity index (χ1) is 13.7. The van der Waals surface area contributed by atoms with Crippen LogP contribution < -0.4 is 10.6 Å². The van der Waals surface area contributed by atoms with Gasteiger partial charge in [0.2, 0.25) is 0 Å². The summed E-state index contributed by atoms with van der Waals surface area (Å²) in [7, 11) is 0. The second kappa shape index (κ2) is 8.14. The Hall–Kier alpha value is -3.68. The number of anilines is 3. The van der Waals surface area contributed by atoms with Crippen molar-refractivity contribution >= 4 is 28.8 Å². The Morgan fingerprint density at radius 1 is 0.931 bits per heavy atom. The molecule has 0 aliphatic rings. The number of halogens is 3. The van der Waals surface area contributed by atoms with E-state index in [-0.39, 0.29) is 17.2 Å². The molecule has 0 fully saturated rings. The van der Waals surface area contributed by atoms with Crippen molar-refractivity contribution in [2.24, 2.45) is 0 Å². The Morgan fingerprint density at radius 2 is 1.62 bits per heavy atom. The van der Waals surface area contributed by atoms with Crippen molar-refractivity contribution in [2.45, 2.75) is 13.1 Å². The van der Waals surface area contributed by atoms with E-state index in [0.29, 0.717) is 16.9 Å². The third-order valence-corrected chi connectivity index (χ3v) is 4.05. The van der Waals surface area contributed by atoms with Gasteiger partial charge >= 0.3 is 6.18 Å². The highest BCUT2D eigenvalue weighted by molar-refractivity contribution is 6.04. The predicted octanol–water partition coefficient (Wildman–Crippen LogP) is 5.30. The molecule has 0 spiro atoms. The second-order valence-electron chi connectivity index (χ2n) is 6.19. The molecule has 0 aliphatic carbocycles. The molecule has 0 saturated carbocycles. The highest BCUT2D eigenvalue weighted by Crippen LogP contribution is 2.34. The predicted molar refractivity (Wildman–Crippen MR) is 103 cm³/mol. The number of Topliss-reactive ketones (excluding diaryl/α,β-unsaturated/α-hetero) is 1. The summed E-state index contributed by atoms with van der Waals surface area (Å²) in [5.74, 6) is -0.823. The van der Waals surface area contributed by atoms with E-state index in [1.807, 2.05) is 0 Å². The second-order valence-corrected chi connectivity index (χ2v) is 6.19. The van der Waals surface area contributed by atoms with Gasteiger partial charge in [0.25, 0.3) is 5.91 Å². The SMILES string of the molecule is CC(=O)c1ccc(Nc2ccnc(C(=O)Nc3ccccc3C(F)(F)F)c2)cc1. The number of para-hydroxylation sites is 1. The molecular formula is C21H16F3N3O2. The Kier molecular flexibility index (Phi) is 5.63. The zero-order valence-corrected chi connectivity index (χ0v) is 15.2. The van der Waals surface area contributed by atoms with E-state index in [2.05, 4.69) is 15.6 Å². The topological polar surface area (TPSA) is 71.1 Å². The molecule has 3 aromatic rings. The van der Waals surface area contributed by atoms with Gasteiger partial charge in [0.1, 0.15) is 5.69 Å². The number of benzene rings is 2. The molecule has 0 radical (unpaired) electrons. The summed E-state index contributed by atoms with van der Waals surface area (Å²) in [4.78, 5) is 27.7. The fourth-order valence-electron chi connectivity index (χ4n) is 2.61. The molecular weight excluding hydrogens is 383 g/mol. The fraction of sp³-hybridized carbons (Fsp3) is 0.0952. The quantitative estimate of drug-likeness (QED) is 0.571. The van der Waals surface area contributed by atoms with Gasteiger partial charge in [-0.2, -0.15) is 13.2 Å². The average molecular weight is 399 g/mol. The van der Waals surface area contributed by atoms with Crippen LogP contribution in [0.5, 0.6) is 0 Å². The van der Waals surface area contributed by atoms with Crippen molar-refractivity contribution in [3.63, 3.8) is 0 Å². The molecule has 3 rings (SSSR count). The lowest BCUT2D eigenvalue weighted by atomic mass is 10.1. The van der Waals surface area contributed by atoms with E-state index in [1.54, 1.807) is 30.3 Å². The summed E-state index contributed by atoms with van der Waals surface area (Å²) < 4.78 is 39.3. The minimum Gasteiger partial charge on any atom is -0.355 e. The standard InChI is InChI=1S/C21H16F3N3O2/c1-13(28)14-6-8-15(9-7-14)26-16-10-11-25-19(12-16)20(29)27-18-5-3-2-4-17(18)21(22,23)24/h2-12H,1H3,(H,25,26)(H,27,29). The van der Waals surface area contributed by atoms with Crippen molar-refractivity contribution in [1.29, 1.82) is 0 Å². The van der Waals surface area contributed by atoms with Crippen LogP contribution in [-0.2, 0) is 6.18 Å². The minimum atomic E-state index is -4.59. The monoisotopic (exact) mass is 399 g/mol. The number of rotatable bonds is 5. The van der Waals surface area contributed by atoms with Crippen molar-refractivity contribution < 1.29 is 22.8 Å². The molecule has 8 heteroatoms. The number of ketones is 1. The summed E-state index contributed by atoms with van der Waals surface area (Å²) in [5.41, 5.74) is 0.430. The molecule has 1 heterocycles. The molecule has 1 aromatic heterocycles. The Balaban J connectivity index is 1.77. The molecule has 0 aliphatic heterocycles. The maximum atomic E-state index is 13.1. The number of carbonyl (C=O) groups is 2. The van der Waals surface area contributed by atoms with Crippen LogP contribution >= 0.6 is 0 Å². The van der Waals surface area contributed by atoms with Gasteiger partial charge in [-0.1, -0.05) is 12.1 Å². The number of hydrogen-bond donors (Lipinski definition) is 2. The minimum absolute atomic E-state index is 0.0488. The number of amides is 1. The first kappa shape index (κ1) is 20.1. The van der Waals surface area contributed by atoms with E-state index in [0.717, 1.165) is 6.07 Å². The Bertz CT molecular complexity index is 1050. The lowest BCUT2D eigenvalue weighted by molar-refractivity contribution is -0.136. The van der Waals surface area contributed by atoms with Crippen LogP contribution in [0.4, 0.5) is 30.2 Å². The summed E-state index contributed by atoms with van der Waals surface area (Å²) >= 11 is 0. The van der Waals surface area contributed by atoms with E-state index < -0.39 is 17.6 Å². The summed E-state index contributed by atoms with van der Waals surface area (Å²) in [6.07, 6.45) is -3.22. The third-order valence-electron chi connectivity index (χ3n) is 4.05. The number of nitrogens with zero attached hydrogens (tertiary/aromatic N) is 1. The zero-order chi connectivity index (χ0) is 21.0. The smallest absolute Gasteiger partial charge is 0.355 e. The van der Waals surface area contributed by atoms with E-state index in [9.17, 15) is 22.8 Å². The number of carbonyl (C=O) groups excluding carboxylic acids is 2. The molecule has 29 heavy (non-hydrogen) atoms. The van der Waals surface area contributed by atoms with Crippen LogP contribution in [-0.4, -0.2) is 16.7 Å². The van der Waals surface area contributed by atoms with Gasteiger partial charge in [-0.25, -0.2) is 0 Å². The van der Waals surface area contributed by atoms with Crippen LogP contribution in [0.25, 0.3) is 0 Å². The first-order valence-electron chi connectivity index (χ1n) is 8.56. The number of pyridine rings is 1. The normalized spacial score (nSPS) is 11.0. The number of alkyl halides is 3. The lowest BCUT2D eigenvalue weighted by Gasteiger charge is -2.13. The summed E-state index contributed by atoms with van der Waals surface area (Å²) in [6.45, 7) is 1.47. The Morgan fingerprint density at radius 3 is 2.28 bits per heavy atom. The van der Waals surface area contributed by atoms with Gasteiger partial charge in [0.05, 0.1) is 11.3 Å². The molecule has 2 N–H and O–H groups in total. The highest BCUT2D eigenvalue weighted by atomic mass is 19.4. The first-order valence-corrected chi connectivity index (χ1v) is 8.56. The van der Waals surface area contributed by atoms with Crippen LogP contribution in [0.2, 0.25) is 0 Å². The van der Waals surface area contributed by atoms with Gasteiger partial charge in [0.15, 0.2) is 5.78 Å². The molecule has 148 valence electrons. The van der Waals surface area contributed by atoms with Crippen LogP contribution in [0.15, 0.2) is 66.9 Å². The van der Waals surface area contributed by atoms with Crippen LogP contribution in [0.1, 0.15) is 33.3 Å². The van der Waals surface area contributed by atoms with Crippen molar-refractivity contribution in [1.82, 2.24) is 4.98 Å². The van der Waals surface area contributed by atoms with Gasteiger partial charge in [0, 0.05) is 23.1 Å². The molecule has 0 bridgehead atoms. The van der Waals surface area contributed by atoms with Gasteiger partial charge in [-0.15, -0.1) is 0 Å². The van der Waals surface area contributed by atoms with Gasteiger partial charge in [-0.05, 0) is 55.5 Å². The third kappa shape index (κ3) is 4.98. The fourth-order valence-corrected chi connectivity index (χ4v) is 2.61. The van der Waals surface area contributed by atoms with Crippen LogP contribution in [0, 0.1) is 0 Å². The average Bonchev–Trinajstić information content (AvgIpc) is 2.68. The summed E-state index contributed by atoms with van der Waals surface area (Å²) in [6, 6.07) is 14.5. The lowest BCUT2D eigenvalue weighted by Crippen LogP contribution is -2.17. The molecule has 1 amide bonds. The number of hydrogen-bond acceptors (Lipinski definition) is 4. The van der Waals surface area contributed by atoms with Gasteiger partial charge < -0.3 is 10.6 Å². The molecule has 0 atom stereocenters. The van der Waals surface area contributed by atoms with E-state index in [1.165, 1.54) is 37.4 Å². The van der Waals surface area contributed by atoms with Crippen molar-refractivity contribution in [2.75, 3.05) is 10.6 Å². The molecule has 5 nitrogen and oxygen atoms in total. The zero-order valence-electron chi connectivity index (χ0n) is 15.2. The van der Waals surface area contributed by atoms with Crippen LogP contribution in [0.3, 0.4) is 0 Å². The van der Waals surface area contributed by atoms with Crippen molar-refractivity contribution in [3.05, 3.63) is 83.7 Å². The summed E-state index contributed by atoms with van der Waals surface area (Å²) in [5, 5.41) is 5.31. The van der Waals surface area contributed by atoms with Crippen molar-refractivity contribution in [3.8, 4) is 0 Å². The maximum Gasteiger partial charge on any atom is 0.418 e. The number of nitrogens with one attached hydrogen (secondary N) is 2. The molecule has 0 unspecified atom stereocenters. The maximum absolute atomic E-state index is 13.1. The Labute approximate surface area is 164 Å². The largest absolute Gasteiger partial charge is 0.418 e.